The lowest BCUT2D eigenvalue weighted by atomic mass is 10.2. The zero-order valence-corrected chi connectivity index (χ0v) is 13.5. The maximum Gasteiger partial charge on any atom is 0.148 e. The van der Waals surface area contributed by atoms with Crippen molar-refractivity contribution >= 4 is 15.5 Å². The summed E-state index contributed by atoms with van der Waals surface area (Å²) in [6.07, 6.45) is 1.27. The molecule has 0 saturated carbocycles. The highest BCUT2D eigenvalue weighted by Crippen LogP contribution is 2.16. The molecule has 1 aromatic rings. The molecule has 0 radical (unpaired) electrons. The second-order valence-electron chi connectivity index (χ2n) is 5.64. The van der Waals surface area contributed by atoms with Gasteiger partial charge < -0.3 is 15.0 Å². The van der Waals surface area contributed by atoms with Crippen LogP contribution in [0.3, 0.4) is 0 Å². The van der Waals surface area contributed by atoms with E-state index in [0.29, 0.717) is 6.54 Å². The van der Waals surface area contributed by atoms with Gasteiger partial charge in [-0.3, -0.25) is 0 Å². The number of hydrogen-bond acceptors (Lipinski definition) is 5. The zero-order valence-electron chi connectivity index (χ0n) is 12.7. The van der Waals surface area contributed by atoms with Crippen LogP contribution in [-0.4, -0.2) is 52.8 Å². The number of rotatable bonds is 6. The van der Waals surface area contributed by atoms with E-state index in [1.165, 1.54) is 11.9 Å². The van der Waals surface area contributed by atoms with Gasteiger partial charge in [-0.05, 0) is 24.6 Å². The molecule has 0 aliphatic carbocycles. The van der Waals surface area contributed by atoms with E-state index < -0.39 is 9.84 Å². The van der Waals surface area contributed by atoms with Crippen molar-refractivity contribution in [3.8, 4) is 0 Å². The molecule has 1 fully saturated rings. The van der Waals surface area contributed by atoms with Crippen LogP contribution in [0.1, 0.15) is 12.5 Å². The molecular weight excluding hydrogens is 288 g/mol. The lowest BCUT2D eigenvalue weighted by Gasteiger charge is -2.29. The predicted molar refractivity (Wildman–Crippen MR) is 85.5 cm³/mol. The first-order chi connectivity index (χ1) is 9.94. The number of anilines is 1. The second kappa shape index (κ2) is 7.24. The molecule has 0 amide bonds. The molecule has 2 rings (SSSR count). The van der Waals surface area contributed by atoms with Crippen molar-refractivity contribution in [2.75, 3.05) is 43.2 Å². The first kappa shape index (κ1) is 16.3. The van der Waals surface area contributed by atoms with Gasteiger partial charge in [0.05, 0.1) is 19.0 Å². The van der Waals surface area contributed by atoms with E-state index >= 15 is 0 Å². The number of nitrogens with zero attached hydrogens (tertiary/aromatic N) is 1. The Bertz CT molecular complexity index is 537. The highest BCUT2D eigenvalue weighted by molar-refractivity contribution is 7.90. The van der Waals surface area contributed by atoms with Crippen LogP contribution in [0.4, 0.5) is 5.69 Å². The molecule has 6 heteroatoms. The second-order valence-corrected chi connectivity index (χ2v) is 7.83. The third-order valence-electron chi connectivity index (χ3n) is 3.52. The van der Waals surface area contributed by atoms with Gasteiger partial charge in [0.25, 0.3) is 0 Å². The fourth-order valence-corrected chi connectivity index (χ4v) is 3.48. The van der Waals surface area contributed by atoms with Crippen molar-refractivity contribution in [1.29, 1.82) is 0 Å². The minimum absolute atomic E-state index is 0.0427. The first-order valence-corrected chi connectivity index (χ1v) is 9.33. The molecule has 1 atom stereocenters. The molecule has 118 valence electrons. The van der Waals surface area contributed by atoms with Crippen LogP contribution in [0.2, 0.25) is 0 Å². The van der Waals surface area contributed by atoms with Crippen LogP contribution in [-0.2, 0) is 21.1 Å². The van der Waals surface area contributed by atoms with E-state index in [9.17, 15) is 8.42 Å². The minimum Gasteiger partial charge on any atom is -0.378 e. The molecular formula is C15H24N2O3S. The van der Waals surface area contributed by atoms with Crippen molar-refractivity contribution in [2.24, 2.45) is 0 Å². The van der Waals surface area contributed by atoms with Gasteiger partial charge in [-0.2, -0.15) is 0 Å². The van der Waals surface area contributed by atoms with Crippen molar-refractivity contribution in [3.05, 3.63) is 29.8 Å². The third kappa shape index (κ3) is 5.65. The van der Waals surface area contributed by atoms with Crippen molar-refractivity contribution in [2.45, 2.75) is 19.5 Å². The van der Waals surface area contributed by atoms with Crippen LogP contribution < -0.4 is 10.2 Å². The molecule has 0 bridgehead atoms. The predicted octanol–water partition coefficient (Wildman–Crippen LogP) is 1.05. The third-order valence-corrected chi connectivity index (χ3v) is 4.63. The summed E-state index contributed by atoms with van der Waals surface area (Å²) in [6, 6.07) is 8.36. The average molecular weight is 312 g/mol. The minimum atomic E-state index is -2.93. The highest BCUT2D eigenvalue weighted by atomic mass is 32.2. The number of benzene rings is 1. The van der Waals surface area contributed by atoms with E-state index in [2.05, 4.69) is 34.5 Å². The molecule has 0 spiro atoms. The molecule has 1 heterocycles. The van der Waals surface area contributed by atoms with Gasteiger partial charge in [-0.15, -0.1) is 0 Å². The van der Waals surface area contributed by atoms with Gasteiger partial charge in [-0.1, -0.05) is 12.1 Å². The summed E-state index contributed by atoms with van der Waals surface area (Å²) in [4.78, 5) is 2.31. The summed E-state index contributed by atoms with van der Waals surface area (Å²) < 4.78 is 27.8. The summed E-state index contributed by atoms with van der Waals surface area (Å²) in [6.45, 7) is 6.01. The zero-order chi connectivity index (χ0) is 15.3. The maximum atomic E-state index is 11.2. The number of morpholine rings is 1. The number of hydrogen-bond donors (Lipinski definition) is 1. The lowest BCUT2D eigenvalue weighted by molar-refractivity contribution is 0.122. The molecule has 5 nitrogen and oxygen atoms in total. The number of ether oxygens (including phenoxy) is 1. The van der Waals surface area contributed by atoms with Crippen molar-refractivity contribution < 1.29 is 13.2 Å². The smallest absolute Gasteiger partial charge is 0.148 e. The van der Waals surface area contributed by atoms with Crippen LogP contribution in [0, 0.1) is 0 Å². The highest BCUT2D eigenvalue weighted by Gasteiger charge is 2.12. The Labute approximate surface area is 127 Å². The van der Waals surface area contributed by atoms with Gasteiger partial charge >= 0.3 is 0 Å². The standard InChI is InChI=1S/C15H24N2O3S/c1-13(12-21(2,18)19)16-11-14-3-5-15(6-4-14)17-7-9-20-10-8-17/h3-6,13,16H,7-12H2,1-2H3. The topological polar surface area (TPSA) is 58.6 Å². The molecule has 1 aliphatic heterocycles. The monoisotopic (exact) mass is 312 g/mol. The molecule has 21 heavy (non-hydrogen) atoms. The summed E-state index contributed by atoms with van der Waals surface area (Å²) in [7, 11) is -2.93. The van der Waals surface area contributed by atoms with Crippen LogP contribution in [0.15, 0.2) is 24.3 Å². The largest absolute Gasteiger partial charge is 0.378 e. The van der Waals surface area contributed by atoms with Gasteiger partial charge in [0, 0.05) is 37.6 Å². The lowest BCUT2D eigenvalue weighted by Crippen LogP contribution is -2.36. The Hall–Kier alpha value is -1.11. The Morgan fingerprint density at radius 2 is 1.86 bits per heavy atom. The van der Waals surface area contributed by atoms with Crippen molar-refractivity contribution in [1.82, 2.24) is 5.32 Å². The van der Waals surface area contributed by atoms with Gasteiger partial charge in [0.15, 0.2) is 0 Å². The molecule has 1 aromatic carbocycles. The summed E-state index contributed by atoms with van der Waals surface area (Å²) >= 11 is 0. The first-order valence-electron chi connectivity index (χ1n) is 7.27. The Morgan fingerprint density at radius 3 is 2.43 bits per heavy atom. The SMILES string of the molecule is CC(CS(C)(=O)=O)NCc1ccc(N2CCOCC2)cc1. The van der Waals surface area contributed by atoms with Crippen LogP contribution >= 0.6 is 0 Å². The van der Waals surface area contributed by atoms with E-state index in [1.807, 2.05) is 6.92 Å². The Balaban J connectivity index is 1.84. The molecule has 1 unspecified atom stereocenters. The summed E-state index contributed by atoms with van der Waals surface area (Å²) in [5, 5.41) is 3.24. The fourth-order valence-electron chi connectivity index (χ4n) is 2.45. The normalized spacial score (nSPS) is 17.7. The summed E-state index contributed by atoms with van der Waals surface area (Å²) in [5.41, 5.74) is 2.37. The molecule has 0 aromatic heterocycles. The van der Waals surface area contributed by atoms with Gasteiger partial charge in [0.1, 0.15) is 9.84 Å². The Morgan fingerprint density at radius 1 is 1.24 bits per heavy atom. The molecule has 1 aliphatic rings. The molecule has 1 N–H and O–H groups in total. The average Bonchev–Trinajstić information content (AvgIpc) is 2.45. The quantitative estimate of drug-likeness (QED) is 0.851. The van der Waals surface area contributed by atoms with E-state index in [-0.39, 0.29) is 11.8 Å². The maximum absolute atomic E-state index is 11.2. The van der Waals surface area contributed by atoms with Gasteiger partial charge in [0.2, 0.25) is 0 Å². The van der Waals surface area contributed by atoms with E-state index in [4.69, 9.17) is 4.74 Å². The fraction of sp³-hybridized carbons (Fsp3) is 0.600. The van der Waals surface area contributed by atoms with Crippen LogP contribution in [0.25, 0.3) is 0 Å². The summed E-state index contributed by atoms with van der Waals surface area (Å²) in [5.74, 6) is 0.166. The number of nitrogens with one attached hydrogen (secondary N) is 1. The Kier molecular flexibility index (Phi) is 5.61. The van der Waals surface area contributed by atoms with E-state index in [0.717, 1.165) is 31.9 Å². The van der Waals surface area contributed by atoms with Crippen LogP contribution in [0.5, 0.6) is 0 Å². The van der Waals surface area contributed by atoms with Crippen molar-refractivity contribution in [3.63, 3.8) is 0 Å². The molecule has 1 saturated heterocycles. The van der Waals surface area contributed by atoms with Gasteiger partial charge in [-0.25, -0.2) is 8.42 Å². The number of sulfone groups is 1. The van der Waals surface area contributed by atoms with E-state index in [1.54, 1.807) is 0 Å².